The summed E-state index contributed by atoms with van der Waals surface area (Å²) >= 11 is 7.00. The number of hydrogen-bond donors (Lipinski definition) is 2. The van der Waals surface area contributed by atoms with Crippen LogP contribution < -0.4 is 10.0 Å². The van der Waals surface area contributed by atoms with E-state index in [0.717, 1.165) is 11.3 Å². The Morgan fingerprint density at radius 2 is 2.00 bits per heavy atom. The zero-order chi connectivity index (χ0) is 14.0. The minimum absolute atomic E-state index is 0.229. The molecule has 0 amide bonds. The summed E-state index contributed by atoms with van der Waals surface area (Å²) in [4.78, 5) is 4.18. The van der Waals surface area contributed by atoms with E-state index in [0.29, 0.717) is 10.6 Å². The fraction of sp³-hybridized carbons (Fsp3) is 0.182. The van der Waals surface area contributed by atoms with Gasteiger partial charge in [-0.1, -0.05) is 41.1 Å². The Kier molecular flexibility index (Phi) is 3.98. The Balaban J connectivity index is 2.34. The van der Waals surface area contributed by atoms with Crippen LogP contribution in [0.2, 0.25) is 5.15 Å². The molecule has 102 valence electrons. The number of aromatic nitrogens is 1. The van der Waals surface area contributed by atoms with E-state index in [4.69, 9.17) is 11.6 Å². The predicted octanol–water partition coefficient (Wildman–Crippen LogP) is 2.95. The van der Waals surface area contributed by atoms with E-state index in [9.17, 15) is 8.42 Å². The van der Waals surface area contributed by atoms with Crippen molar-refractivity contribution in [2.45, 2.75) is 11.8 Å². The summed E-state index contributed by atoms with van der Waals surface area (Å²) in [6.07, 6.45) is 0. The maximum Gasteiger partial charge on any atom is 0.263 e. The molecule has 0 radical (unpaired) electrons. The lowest BCUT2D eigenvalue weighted by Crippen LogP contribution is -2.13. The average molecular weight is 318 g/mol. The molecule has 0 spiro atoms. The van der Waals surface area contributed by atoms with Gasteiger partial charge in [0, 0.05) is 7.05 Å². The monoisotopic (exact) mass is 317 g/mol. The number of sulfonamides is 1. The summed E-state index contributed by atoms with van der Waals surface area (Å²) in [6.45, 7) is 1.74. The maximum absolute atomic E-state index is 12.2. The largest absolute Gasteiger partial charge is 0.377 e. The third-order valence-electron chi connectivity index (χ3n) is 2.42. The molecule has 1 aromatic carbocycles. The number of hydrogen-bond acceptors (Lipinski definition) is 5. The molecule has 0 aliphatic heterocycles. The van der Waals surface area contributed by atoms with Crippen molar-refractivity contribution in [3.63, 3.8) is 0 Å². The summed E-state index contributed by atoms with van der Waals surface area (Å²) in [6, 6.07) is 6.75. The number of benzene rings is 1. The van der Waals surface area contributed by atoms with E-state index in [1.54, 1.807) is 38.2 Å². The Bertz CT molecular complexity index is 698. The van der Waals surface area contributed by atoms with Crippen LogP contribution in [-0.2, 0) is 10.0 Å². The number of aryl methyl sites for hydroxylation is 1. The molecule has 5 nitrogen and oxygen atoms in total. The first-order valence-electron chi connectivity index (χ1n) is 5.36. The summed E-state index contributed by atoms with van der Waals surface area (Å²) in [5, 5.41) is 3.94. The fourth-order valence-corrected chi connectivity index (χ4v) is 4.07. The molecule has 0 saturated heterocycles. The second-order valence-corrected chi connectivity index (χ2v) is 6.77. The van der Waals surface area contributed by atoms with Crippen molar-refractivity contribution in [3.8, 4) is 0 Å². The third-order valence-corrected chi connectivity index (χ3v) is 5.42. The predicted molar refractivity (Wildman–Crippen MR) is 78.7 cm³/mol. The quantitative estimate of drug-likeness (QED) is 0.909. The lowest BCUT2D eigenvalue weighted by Gasteiger charge is -2.07. The van der Waals surface area contributed by atoms with Gasteiger partial charge < -0.3 is 5.32 Å². The molecule has 1 heterocycles. The molecule has 2 rings (SSSR count). The number of nitrogens with one attached hydrogen (secondary N) is 2. The van der Waals surface area contributed by atoms with E-state index in [1.165, 1.54) is 0 Å². The van der Waals surface area contributed by atoms with Crippen LogP contribution >= 0.6 is 22.9 Å². The lowest BCUT2D eigenvalue weighted by atomic mass is 10.2. The van der Waals surface area contributed by atoms with Gasteiger partial charge in [0.1, 0.15) is 5.00 Å². The topological polar surface area (TPSA) is 71.1 Å². The van der Waals surface area contributed by atoms with Crippen LogP contribution in [0.1, 0.15) is 5.56 Å². The van der Waals surface area contributed by atoms with E-state index in [-0.39, 0.29) is 15.2 Å². The smallest absolute Gasteiger partial charge is 0.263 e. The highest BCUT2D eigenvalue weighted by molar-refractivity contribution is 7.93. The van der Waals surface area contributed by atoms with Crippen LogP contribution in [0.4, 0.5) is 10.1 Å². The Morgan fingerprint density at radius 3 is 2.58 bits per heavy atom. The van der Waals surface area contributed by atoms with Crippen LogP contribution in [0.3, 0.4) is 0 Å². The van der Waals surface area contributed by atoms with E-state index >= 15 is 0 Å². The number of nitrogens with zero attached hydrogens (tertiary/aromatic N) is 1. The van der Waals surface area contributed by atoms with Crippen molar-refractivity contribution >= 4 is 43.1 Å². The molecule has 0 unspecified atom stereocenters. The number of anilines is 2. The molecular weight excluding hydrogens is 306 g/mol. The first kappa shape index (κ1) is 14.1. The Hall–Kier alpha value is -1.31. The molecular formula is C11H12ClN3O2S2. The zero-order valence-electron chi connectivity index (χ0n) is 10.3. The van der Waals surface area contributed by atoms with Gasteiger partial charge in [0.15, 0.2) is 10.3 Å². The Morgan fingerprint density at radius 1 is 1.32 bits per heavy atom. The molecule has 0 saturated carbocycles. The van der Waals surface area contributed by atoms with Crippen LogP contribution in [0.25, 0.3) is 0 Å². The van der Waals surface area contributed by atoms with E-state index in [1.807, 2.05) is 0 Å². The van der Waals surface area contributed by atoms with Crippen molar-refractivity contribution in [2.24, 2.45) is 0 Å². The first-order valence-corrected chi connectivity index (χ1v) is 8.04. The molecule has 2 aromatic rings. The highest BCUT2D eigenvalue weighted by atomic mass is 35.5. The van der Waals surface area contributed by atoms with Crippen LogP contribution in [0.5, 0.6) is 0 Å². The maximum atomic E-state index is 12.2. The molecule has 0 aliphatic rings. The summed E-state index contributed by atoms with van der Waals surface area (Å²) in [5.74, 6) is 0. The van der Waals surface area contributed by atoms with E-state index in [2.05, 4.69) is 15.0 Å². The molecule has 2 N–H and O–H groups in total. The summed E-state index contributed by atoms with van der Waals surface area (Å²) < 4.78 is 26.9. The lowest BCUT2D eigenvalue weighted by molar-refractivity contribution is 0.600. The van der Waals surface area contributed by atoms with Crippen molar-refractivity contribution in [1.29, 1.82) is 0 Å². The van der Waals surface area contributed by atoms with Crippen molar-refractivity contribution in [3.05, 3.63) is 35.0 Å². The molecule has 8 heteroatoms. The highest BCUT2D eigenvalue weighted by Crippen LogP contribution is 2.33. The fourth-order valence-electron chi connectivity index (χ4n) is 1.53. The van der Waals surface area contributed by atoms with Gasteiger partial charge in [0.25, 0.3) is 10.0 Å². The zero-order valence-corrected chi connectivity index (χ0v) is 12.7. The van der Waals surface area contributed by atoms with Gasteiger partial charge >= 0.3 is 0 Å². The highest BCUT2D eigenvalue weighted by Gasteiger charge is 2.19. The Labute approximate surface area is 120 Å². The number of rotatable bonds is 4. The van der Waals surface area contributed by atoms with E-state index < -0.39 is 10.0 Å². The SMILES string of the molecule is CNc1sc(NS(=O)(=O)c2ccccc2C)nc1Cl. The second-order valence-electron chi connectivity index (χ2n) is 3.76. The van der Waals surface area contributed by atoms with Gasteiger partial charge in [-0.3, -0.25) is 4.72 Å². The van der Waals surface area contributed by atoms with Gasteiger partial charge in [-0.2, -0.15) is 0 Å². The molecule has 19 heavy (non-hydrogen) atoms. The molecule has 0 atom stereocenters. The number of halogens is 1. The second kappa shape index (κ2) is 5.36. The molecule has 0 fully saturated rings. The molecule has 0 aliphatic carbocycles. The third kappa shape index (κ3) is 2.99. The normalized spacial score (nSPS) is 11.3. The van der Waals surface area contributed by atoms with Gasteiger partial charge in [-0.05, 0) is 18.6 Å². The minimum Gasteiger partial charge on any atom is -0.377 e. The minimum atomic E-state index is -3.64. The standard InChI is InChI=1S/C11H12ClN3O2S2/c1-7-5-3-4-6-8(7)19(16,17)15-11-14-9(12)10(13-2)18-11/h3-6,13H,1-2H3,(H,14,15). The molecule has 1 aromatic heterocycles. The van der Waals surface area contributed by atoms with Gasteiger partial charge in [0.2, 0.25) is 0 Å². The van der Waals surface area contributed by atoms with Gasteiger partial charge in [-0.15, -0.1) is 0 Å². The van der Waals surface area contributed by atoms with Crippen LogP contribution in [0, 0.1) is 6.92 Å². The average Bonchev–Trinajstić information content (AvgIpc) is 2.68. The van der Waals surface area contributed by atoms with Gasteiger partial charge in [0.05, 0.1) is 4.90 Å². The van der Waals surface area contributed by atoms with Gasteiger partial charge in [-0.25, -0.2) is 13.4 Å². The summed E-state index contributed by atoms with van der Waals surface area (Å²) in [5.41, 5.74) is 0.673. The van der Waals surface area contributed by atoms with Crippen LogP contribution in [-0.4, -0.2) is 20.4 Å². The van der Waals surface area contributed by atoms with Crippen LogP contribution in [0.15, 0.2) is 29.2 Å². The number of thiazole rings is 1. The van der Waals surface area contributed by atoms with Crippen molar-refractivity contribution < 1.29 is 8.42 Å². The van der Waals surface area contributed by atoms with Crippen molar-refractivity contribution in [2.75, 3.05) is 17.1 Å². The first-order chi connectivity index (χ1) is 8.94. The molecule has 0 bridgehead atoms. The summed E-state index contributed by atoms with van der Waals surface area (Å²) in [7, 11) is -1.95. The van der Waals surface area contributed by atoms with Crippen molar-refractivity contribution in [1.82, 2.24) is 4.98 Å².